The largest absolute Gasteiger partial charge is 0.310 e. The number of hydrogen-bond donors (Lipinski definition) is 0. The number of rotatable bonds is 45. The summed E-state index contributed by atoms with van der Waals surface area (Å²) in [6, 6.07) is 87.9. The predicted octanol–water partition coefficient (Wildman–Crippen LogP) is 61.3. The Morgan fingerprint density at radius 2 is 0.503 bits per heavy atom. The first-order chi connectivity index (χ1) is 68.6. The number of anilines is 3. The van der Waals surface area contributed by atoms with Crippen molar-refractivity contribution in [1.29, 1.82) is 0 Å². The van der Waals surface area contributed by atoms with Gasteiger partial charge >= 0.3 is 0 Å². The average Bonchev–Trinajstić information content (AvgIpc) is 0.958. The van der Waals surface area contributed by atoms with Crippen molar-refractivity contribution in [2.24, 2.45) is 0 Å². The quantitative estimate of drug-likeness (QED) is 0.0273. The molecule has 0 amide bonds. The summed E-state index contributed by atoms with van der Waals surface area (Å²) in [6.07, 6.45) is 0. The minimum absolute atomic E-state index is 0.139. The van der Waals surface area contributed by atoms with E-state index >= 15 is 0 Å². The van der Waals surface area contributed by atoms with E-state index < -0.39 is 33.4 Å². The van der Waals surface area contributed by atoms with E-state index in [-0.39, 0.29) is 258 Å². The summed E-state index contributed by atoms with van der Waals surface area (Å²) < 4.78 is 2.46. The molecule has 0 saturated heterocycles. The molecule has 0 N–H and O–H groups in total. The SMILES string of the molecule is PPP(P)P(P(P(P)P)P(P)P)P(P(P(P)P)P(P)P)P(P(P(P(P(P)P)P(P)P)P(P(P)P)P(P)P)P(P(P(P)P)P(P)P)P(P(P)P)P(P)P)P(P(P(P(P)P)P(P)P)P(P(P)P)P(P)P)P(P(P(P)P)P(P)P)P(P(P)P)P(P)P.c1ccc(-n2c3ccc(B4c5ccccc5-c5cc6ccccc6cc54)cc3c3ccc(N4c5ccccc5C(c5ccccc5)(c5ccccc5)c5ccccc54)cc32)cc1. The van der Waals surface area contributed by atoms with Crippen LogP contribution < -0.4 is 21.3 Å². The molecule has 0 fully saturated rings. The minimum atomic E-state index is -0.518. The summed E-state index contributed by atoms with van der Waals surface area (Å²) in [4.78, 5) is 2.49. The van der Waals surface area contributed by atoms with Gasteiger partial charge in [-0.2, -0.15) is 0 Å². The van der Waals surface area contributed by atoms with Crippen molar-refractivity contribution in [3.8, 4) is 16.8 Å². The zero-order chi connectivity index (χ0) is 107. The van der Waals surface area contributed by atoms with E-state index in [1.165, 1.54) is 93.7 Å². The second-order valence-electron chi connectivity index (χ2n) is 30.0. The molecule has 0 radical (unpaired) electrons. The van der Waals surface area contributed by atoms with Crippen molar-refractivity contribution in [3.63, 3.8) is 0 Å². The van der Waals surface area contributed by atoms with Gasteiger partial charge in [0.25, 0.3) is 0 Å². The van der Waals surface area contributed by atoms with Gasteiger partial charge in [-0.15, -0.1) is 375 Å². The van der Waals surface area contributed by atoms with Gasteiger partial charge < -0.3 is 9.47 Å². The lowest BCUT2D eigenvalue weighted by Gasteiger charge is -2.63. The Labute approximate surface area is 1010 Å². The number of hydrogen-bond acceptors (Lipinski definition) is 1. The zero-order valence-electron chi connectivity index (χ0n) is 76.6. The molecule has 3 heterocycles. The van der Waals surface area contributed by atoms with Gasteiger partial charge in [0, 0.05) is 22.1 Å². The van der Waals surface area contributed by atoms with Crippen LogP contribution in [0.25, 0.3) is 49.4 Å². The Morgan fingerprint density at radius 3 is 0.848 bits per heavy atom. The fourth-order valence-electron chi connectivity index (χ4n) is 16.2. The van der Waals surface area contributed by atoms with E-state index in [1.807, 2.05) is 0 Å². The molecular formula is C59H124BN2P83. The minimum Gasteiger partial charge on any atom is -0.310 e. The lowest BCUT2D eigenvalue weighted by atomic mass is 9.39. The molecule has 2 nitrogen and oxygen atoms in total. The highest BCUT2D eigenvalue weighted by Crippen LogP contribution is 3.53. The van der Waals surface area contributed by atoms with Crippen LogP contribution >= 0.6 is 662 Å². The maximum Gasteiger partial charge on any atom is 0.242 e. The fraction of sp³-hybridized carbons (Fsp3) is 0.0169. The monoisotopic (exact) mass is 3440 g/mol. The molecule has 0 bridgehead atoms. The first-order valence-electron chi connectivity index (χ1n) is 40.5. The summed E-state index contributed by atoms with van der Waals surface area (Å²) in [5.41, 5.74) is 18.2. The second-order valence-corrected chi connectivity index (χ2v) is 372. The average molecular weight is 3440 g/mol. The molecule has 10 aromatic carbocycles. The summed E-state index contributed by atoms with van der Waals surface area (Å²) in [6.45, 7) is -14.1. The number of fused-ring (bicyclic) bond motifs is 9. The molecular weight excluding hydrogens is 3320 g/mol. The number of nitrogens with zero attached hydrogens (tertiary/aromatic N) is 2. The van der Waals surface area contributed by atoms with Gasteiger partial charge in [0.2, 0.25) is 6.71 Å². The third kappa shape index (κ3) is 38.3. The summed E-state index contributed by atoms with van der Waals surface area (Å²) in [7, 11) is 157. The van der Waals surface area contributed by atoms with Crippen LogP contribution in [0.15, 0.2) is 237 Å². The fourth-order valence-corrected chi connectivity index (χ4v) is 1240. The standard InChI is InChI=1S/C59H39BN2.H85P83/c1-4-20-42(21-5-1)59(43-22-6-2-7-23-43)51-27-13-16-30-56(51)62(57-31-17-14-28-52(57)59)46-33-34-48-50-38-44(32-35-55(50)61(58(48)39-46)45-24-8-3-9-25-45)60-53-29-15-12-26-47(53)49-36-40-18-10-11-19-41(40)37-54(49)60;1-43-64(42)75(65(44(2)3)45(4)5)80(74(62(38)39)63(40)41)83(81(76(66(46(6)7)47(8)9)67(48(10)11)49(12)13)77(68(50(14)15)51(16)17)69(52(18)19)53(20)21)82(78(70(54(22)23)55(24)25)71(56(26)27)57(28)29)79(72(58(30)31)59(32)33)73(60(34)35)61(36)37/h1-39H;43H,1-42H2. The molecule has 46 atom stereocenters. The van der Waals surface area contributed by atoms with E-state index in [4.69, 9.17) is 0 Å². The van der Waals surface area contributed by atoms with E-state index in [2.05, 4.69) is 621 Å². The lowest BCUT2D eigenvalue weighted by Crippen LogP contribution is -2.48. The Kier molecular flexibility index (Phi) is 77.3. The maximum absolute atomic E-state index is 3.90. The molecule has 0 saturated carbocycles. The van der Waals surface area contributed by atoms with Crippen LogP contribution in [0.1, 0.15) is 22.3 Å². The maximum atomic E-state index is 3.90. The smallest absolute Gasteiger partial charge is 0.242 e. The van der Waals surface area contributed by atoms with Crippen molar-refractivity contribution in [3.05, 3.63) is 259 Å². The molecule has 13 rings (SSSR count). The highest BCUT2D eigenvalue weighted by atomic mass is 33.6. The summed E-state index contributed by atoms with van der Waals surface area (Å²) in [5, 5.41) is 5.06. The third-order valence-electron chi connectivity index (χ3n) is 21.0. The van der Waals surface area contributed by atoms with Gasteiger partial charge in [0.15, 0.2) is 0 Å². The van der Waals surface area contributed by atoms with Gasteiger partial charge in [-0.05, 0) is 372 Å². The van der Waals surface area contributed by atoms with Gasteiger partial charge in [-0.3, -0.25) is 0 Å². The van der Waals surface area contributed by atoms with E-state index in [9.17, 15) is 0 Å². The molecule has 2 aliphatic rings. The highest BCUT2D eigenvalue weighted by molar-refractivity contribution is 9.58. The van der Waals surface area contributed by atoms with Crippen molar-refractivity contribution in [2.75, 3.05) is 4.90 Å². The van der Waals surface area contributed by atoms with Crippen LogP contribution in [-0.4, -0.2) is 11.3 Å². The lowest BCUT2D eigenvalue weighted by molar-refractivity contribution is 0.731. The second kappa shape index (κ2) is 74.3. The Morgan fingerprint density at radius 1 is 0.214 bits per heavy atom. The van der Waals surface area contributed by atoms with Crippen LogP contribution in [0.2, 0.25) is 0 Å². The van der Waals surface area contributed by atoms with Crippen molar-refractivity contribution >= 4 is 735 Å². The molecule has 0 aliphatic carbocycles. The first-order valence-corrected chi connectivity index (χ1v) is 192. The number of benzene rings is 10. The van der Waals surface area contributed by atoms with Crippen LogP contribution in [0.5, 0.6) is 0 Å². The molecule has 86 heteroatoms. The zero-order valence-corrected chi connectivity index (χ0v) is 162. The number of para-hydroxylation sites is 3. The van der Waals surface area contributed by atoms with Crippen molar-refractivity contribution in [2.45, 2.75) is 5.41 Å². The molecule has 11 aromatic rings. The van der Waals surface area contributed by atoms with E-state index in [0.717, 1.165) is 19.3 Å². The van der Waals surface area contributed by atoms with E-state index in [0.29, 0.717) is 0 Å². The van der Waals surface area contributed by atoms with Gasteiger partial charge in [-0.1, -0.05) is 212 Å². The number of aromatic nitrogens is 1. The first kappa shape index (κ1) is 151. The van der Waals surface area contributed by atoms with Crippen molar-refractivity contribution in [1.82, 2.24) is 4.57 Å². The van der Waals surface area contributed by atoms with Gasteiger partial charge in [-0.25, -0.2) is 0 Å². The van der Waals surface area contributed by atoms with Crippen LogP contribution in [-0.2, 0) is 5.41 Å². The Balaban J connectivity index is 0.000000266. The molecule has 1 aromatic heterocycles. The van der Waals surface area contributed by atoms with Crippen LogP contribution in [0, 0.1) is 0 Å². The highest BCUT2D eigenvalue weighted by Gasteiger charge is 2.66. The Hall–Kier alpha value is 27.8. The molecule has 145 heavy (non-hydrogen) atoms. The molecule has 0 spiro atoms. The van der Waals surface area contributed by atoms with Crippen LogP contribution in [0.3, 0.4) is 0 Å². The van der Waals surface area contributed by atoms with E-state index in [1.54, 1.807) is 0 Å². The molecule has 2 aliphatic heterocycles. The summed E-state index contributed by atoms with van der Waals surface area (Å²) in [5.74, 6) is 0. The topological polar surface area (TPSA) is 8.17 Å². The summed E-state index contributed by atoms with van der Waals surface area (Å²) >= 11 is 0. The third-order valence-corrected chi connectivity index (χ3v) is 608. The van der Waals surface area contributed by atoms with Gasteiger partial charge in [0.05, 0.1) is 27.8 Å². The van der Waals surface area contributed by atoms with Crippen LogP contribution in [0.4, 0.5) is 17.1 Å². The van der Waals surface area contributed by atoms with Crippen molar-refractivity contribution < 1.29 is 0 Å². The Bertz CT molecular complexity index is 5540. The normalized spacial score (nSPS) is 14.8. The molecule has 788 valence electrons. The van der Waals surface area contributed by atoms with Gasteiger partial charge in [0.1, 0.15) is 0 Å². The molecule has 46 unspecified atom stereocenters. The predicted molar refractivity (Wildman–Crippen MR) is 954 cm³/mol.